The molecule has 6 N–H and O–H groups in total. The number of ether oxygens (including phenoxy) is 1. The van der Waals surface area contributed by atoms with Gasteiger partial charge in [0, 0.05) is 6.54 Å². The topological polar surface area (TPSA) is 145 Å². The van der Waals surface area contributed by atoms with Gasteiger partial charge in [0.25, 0.3) is 0 Å². The van der Waals surface area contributed by atoms with E-state index in [0.29, 0.717) is 11.2 Å². The highest BCUT2D eigenvalue weighted by Crippen LogP contribution is 2.31. The van der Waals surface area contributed by atoms with Crippen LogP contribution in [0.15, 0.2) is 12.7 Å². The summed E-state index contributed by atoms with van der Waals surface area (Å²) < 4.78 is 7.04. The monoisotopic (exact) mass is 302 g/mol. The van der Waals surface area contributed by atoms with Crippen molar-refractivity contribution < 1.29 is 14.9 Å². The Hall–Kier alpha value is -1.52. The normalized spacial score (nSPS) is 29.6. The number of nitrogen functional groups attached to an aromatic ring is 1. The fraction of sp³-hybridized carbons (Fsp3) is 0.500. The maximum absolute atomic E-state index is 10.0. The molecule has 3 rings (SSSR count). The van der Waals surface area contributed by atoms with E-state index in [-0.39, 0.29) is 24.8 Å². The Labute approximate surface area is 120 Å². The molecule has 1 aliphatic heterocycles. The van der Waals surface area contributed by atoms with E-state index >= 15 is 0 Å². The molecule has 2 aromatic rings. The van der Waals surface area contributed by atoms with Crippen LogP contribution in [0.5, 0.6) is 0 Å². The molecule has 0 bridgehead atoms. The largest absolute Gasteiger partial charge is 0.387 e. The minimum atomic E-state index is -1.11. The summed E-state index contributed by atoms with van der Waals surface area (Å²) in [5.74, 6) is 0.243. The van der Waals surface area contributed by atoms with Crippen LogP contribution in [-0.2, 0) is 4.74 Å². The van der Waals surface area contributed by atoms with E-state index in [0.717, 1.165) is 0 Å². The quantitative estimate of drug-likeness (QED) is 0.519. The Morgan fingerprint density at radius 1 is 1.25 bits per heavy atom. The van der Waals surface area contributed by atoms with E-state index in [1.54, 1.807) is 0 Å². The van der Waals surface area contributed by atoms with Crippen LogP contribution in [-0.4, -0.2) is 54.6 Å². The number of nitrogens with zero attached hydrogens (tertiary/aromatic N) is 4. The minimum absolute atomic E-state index is 0. The number of aromatic nitrogens is 4. The van der Waals surface area contributed by atoms with Crippen LogP contribution in [0.3, 0.4) is 0 Å². The summed E-state index contributed by atoms with van der Waals surface area (Å²) in [5.41, 5.74) is 12.0. The third kappa shape index (κ3) is 2.09. The number of hydrogen-bond acceptors (Lipinski definition) is 8. The Kier molecular flexibility index (Phi) is 4.06. The second-order valence-electron chi connectivity index (χ2n) is 4.36. The van der Waals surface area contributed by atoms with E-state index in [9.17, 15) is 10.2 Å². The minimum Gasteiger partial charge on any atom is -0.387 e. The number of nitrogens with two attached hydrogens (primary N) is 2. The number of hydrogen-bond donors (Lipinski definition) is 4. The second-order valence-corrected chi connectivity index (χ2v) is 4.36. The first kappa shape index (κ1) is 14.9. The zero-order chi connectivity index (χ0) is 13.6. The smallest absolute Gasteiger partial charge is 0.167 e. The summed E-state index contributed by atoms with van der Waals surface area (Å²) in [6.45, 7) is 0.110. The molecule has 4 unspecified atom stereocenters. The van der Waals surface area contributed by atoms with Gasteiger partial charge in [-0.15, -0.1) is 12.4 Å². The van der Waals surface area contributed by atoms with Crippen LogP contribution < -0.4 is 11.5 Å². The van der Waals surface area contributed by atoms with Gasteiger partial charge in [0.1, 0.15) is 30.2 Å². The molecule has 0 radical (unpaired) electrons. The van der Waals surface area contributed by atoms with Crippen molar-refractivity contribution in [3.8, 4) is 0 Å². The van der Waals surface area contributed by atoms with Gasteiger partial charge in [0.15, 0.2) is 17.7 Å². The third-order valence-electron chi connectivity index (χ3n) is 3.23. The van der Waals surface area contributed by atoms with Crippen molar-refractivity contribution in [2.24, 2.45) is 5.73 Å². The number of anilines is 1. The van der Waals surface area contributed by atoms with Crippen LogP contribution in [0, 0.1) is 0 Å². The summed E-state index contributed by atoms with van der Waals surface area (Å²) in [7, 11) is 0. The maximum Gasteiger partial charge on any atom is 0.167 e. The average Bonchev–Trinajstić information content (AvgIpc) is 2.94. The molecule has 0 saturated carbocycles. The van der Waals surface area contributed by atoms with E-state index in [4.69, 9.17) is 16.2 Å². The van der Waals surface area contributed by atoms with E-state index in [1.165, 1.54) is 17.2 Å². The first-order valence-electron chi connectivity index (χ1n) is 5.78. The molecule has 4 atom stereocenters. The Bertz CT molecular complexity index is 608. The van der Waals surface area contributed by atoms with Gasteiger partial charge in [0.05, 0.1) is 6.33 Å². The fourth-order valence-electron chi connectivity index (χ4n) is 2.21. The molecule has 20 heavy (non-hydrogen) atoms. The van der Waals surface area contributed by atoms with E-state index < -0.39 is 24.5 Å². The zero-order valence-corrected chi connectivity index (χ0v) is 11.1. The first-order chi connectivity index (χ1) is 9.13. The van der Waals surface area contributed by atoms with Crippen molar-refractivity contribution in [3.63, 3.8) is 0 Å². The van der Waals surface area contributed by atoms with Crippen molar-refractivity contribution in [3.05, 3.63) is 12.7 Å². The summed E-state index contributed by atoms with van der Waals surface area (Å²) in [4.78, 5) is 12.0. The van der Waals surface area contributed by atoms with Gasteiger partial charge in [-0.1, -0.05) is 0 Å². The molecular weight excluding hydrogens is 288 g/mol. The molecule has 0 amide bonds. The summed E-state index contributed by atoms with van der Waals surface area (Å²) >= 11 is 0. The number of fused-ring (bicyclic) bond motifs is 1. The molecule has 10 heteroatoms. The molecular formula is C10H15ClN6O3. The Balaban J connectivity index is 0.00000147. The number of halogens is 1. The van der Waals surface area contributed by atoms with Gasteiger partial charge in [0.2, 0.25) is 0 Å². The number of aliphatic hydroxyl groups excluding tert-OH is 2. The van der Waals surface area contributed by atoms with Crippen LogP contribution in [0.2, 0.25) is 0 Å². The average molecular weight is 303 g/mol. The predicted octanol–water partition coefficient (Wildman–Crippen LogP) is -1.59. The molecule has 2 aromatic heterocycles. The van der Waals surface area contributed by atoms with Crippen molar-refractivity contribution >= 4 is 29.4 Å². The third-order valence-corrected chi connectivity index (χ3v) is 3.23. The highest BCUT2D eigenvalue weighted by Gasteiger charge is 2.43. The van der Waals surface area contributed by atoms with Crippen molar-refractivity contribution in [2.45, 2.75) is 24.5 Å². The molecule has 0 spiro atoms. The van der Waals surface area contributed by atoms with Crippen LogP contribution in [0.4, 0.5) is 5.82 Å². The number of rotatable bonds is 2. The molecule has 110 valence electrons. The van der Waals surface area contributed by atoms with Gasteiger partial charge >= 0.3 is 0 Å². The summed E-state index contributed by atoms with van der Waals surface area (Å²) in [5, 5.41) is 19.8. The Morgan fingerprint density at radius 2 is 2.00 bits per heavy atom. The molecule has 3 heterocycles. The molecule has 0 aliphatic carbocycles. The lowest BCUT2D eigenvalue weighted by atomic mass is 10.1. The lowest BCUT2D eigenvalue weighted by Gasteiger charge is -2.16. The molecule has 1 aliphatic rings. The molecule has 0 aromatic carbocycles. The molecule has 9 nitrogen and oxygen atoms in total. The molecule has 1 fully saturated rings. The zero-order valence-electron chi connectivity index (χ0n) is 10.3. The number of aliphatic hydroxyl groups is 2. The highest BCUT2D eigenvalue weighted by molar-refractivity contribution is 5.85. The van der Waals surface area contributed by atoms with Gasteiger partial charge in [-0.2, -0.15) is 0 Å². The Morgan fingerprint density at radius 3 is 2.65 bits per heavy atom. The maximum atomic E-state index is 10.0. The van der Waals surface area contributed by atoms with Crippen LogP contribution >= 0.6 is 12.4 Å². The van der Waals surface area contributed by atoms with Gasteiger partial charge < -0.3 is 26.4 Å². The fourth-order valence-corrected chi connectivity index (χ4v) is 2.21. The predicted molar refractivity (Wildman–Crippen MR) is 72.0 cm³/mol. The van der Waals surface area contributed by atoms with Gasteiger partial charge in [-0.3, -0.25) is 4.57 Å². The summed E-state index contributed by atoms with van der Waals surface area (Å²) in [6.07, 6.45) is -0.850. The lowest BCUT2D eigenvalue weighted by molar-refractivity contribution is -0.0322. The van der Waals surface area contributed by atoms with Crippen LogP contribution in [0.1, 0.15) is 6.23 Å². The van der Waals surface area contributed by atoms with Gasteiger partial charge in [-0.05, 0) is 0 Å². The standard InChI is InChI=1S/C10H14N6O3.ClH/c11-1-4-6(17)7(18)10(19-4)16-3-15-5-8(12)13-2-14-9(5)16;/h2-4,6-7,10,17-18H,1,11H2,(H2,12,13,14);1H. The van der Waals surface area contributed by atoms with Gasteiger partial charge in [-0.25, -0.2) is 15.0 Å². The first-order valence-corrected chi connectivity index (χ1v) is 5.78. The SMILES string of the molecule is Cl.NCC1OC(n2cnc3c(N)ncnc32)C(O)C1O. The summed E-state index contributed by atoms with van der Waals surface area (Å²) in [6, 6.07) is 0. The van der Waals surface area contributed by atoms with Crippen LogP contribution in [0.25, 0.3) is 11.2 Å². The highest BCUT2D eigenvalue weighted by atomic mass is 35.5. The van der Waals surface area contributed by atoms with E-state index in [1.807, 2.05) is 0 Å². The van der Waals surface area contributed by atoms with Crippen molar-refractivity contribution in [2.75, 3.05) is 12.3 Å². The lowest BCUT2D eigenvalue weighted by Crippen LogP contribution is -2.35. The van der Waals surface area contributed by atoms with Crippen molar-refractivity contribution in [1.82, 2.24) is 19.5 Å². The molecule has 1 saturated heterocycles. The van der Waals surface area contributed by atoms with E-state index in [2.05, 4.69) is 15.0 Å². The number of imidazole rings is 1. The second kappa shape index (κ2) is 5.46. The van der Waals surface area contributed by atoms with Crippen molar-refractivity contribution in [1.29, 1.82) is 0 Å².